The van der Waals surface area contributed by atoms with Gasteiger partial charge in [-0.2, -0.15) is 0 Å². The van der Waals surface area contributed by atoms with Crippen molar-refractivity contribution < 1.29 is 24.2 Å². The lowest BCUT2D eigenvalue weighted by atomic mass is 10.1. The van der Waals surface area contributed by atoms with Crippen LogP contribution in [0.25, 0.3) is 0 Å². The number of ether oxygens (including phenoxy) is 2. The number of hydrogen-bond donors (Lipinski definition) is 2. The maximum absolute atomic E-state index is 12.1. The van der Waals surface area contributed by atoms with E-state index in [9.17, 15) is 14.7 Å². The van der Waals surface area contributed by atoms with E-state index in [-0.39, 0.29) is 0 Å². The Morgan fingerprint density at radius 2 is 1.67 bits per heavy atom. The zero-order valence-electron chi connectivity index (χ0n) is 13.4. The van der Waals surface area contributed by atoms with Crippen LogP contribution in [0, 0.1) is 0 Å². The molecule has 1 amide bonds. The number of amides is 1. The van der Waals surface area contributed by atoms with E-state index in [0.717, 1.165) is 0 Å². The molecule has 0 aliphatic heterocycles. The van der Waals surface area contributed by atoms with Gasteiger partial charge in [-0.05, 0) is 24.6 Å². The number of benzene rings is 2. The first-order valence-electron chi connectivity index (χ1n) is 7.40. The highest BCUT2D eigenvalue weighted by Crippen LogP contribution is 2.23. The Balaban J connectivity index is 1.97. The number of carbonyl (C=O) groups is 2. The molecule has 24 heavy (non-hydrogen) atoms. The Bertz CT molecular complexity index is 702. The van der Waals surface area contributed by atoms with E-state index in [4.69, 9.17) is 9.47 Å². The highest BCUT2D eigenvalue weighted by Gasteiger charge is 2.24. The highest BCUT2D eigenvalue weighted by atomic mass is 16.6. The molecule has 0 fully saturated rings. The predicted molar refractivity (Wildman–Crippen MR) is 88.6 cm³/mol. The Morgan fingerprint density at radius 1 is 1.04 bits per heavy atom. The normalized spacial score (nSPS) is 12.8. The molecule has 0 aromatic heterocycles. The number of para-hydroxylation sites is 2. The van der Waals surface area contributed by atoms with Crippen molar-refractivity contribution in [3.63, 3.8) is 0 Å². The van der Waals surface area contributed by atoms with Crippen molar-refractivity contribution in [2.24, 2.45) is 0 Å². The molecule has 0 heterocycles. The average molecular weight is 329 g/mol. The summed E-state index contributed by atoms with van der Waals surface area (Å²) < 4.78 is 10.2. The summed E-state index contributed by atoms with van der Waals surface area (Å²) in [6.45, 7) is 1.43. The molecule has 0 spiro atoms. The summed E-state index contributed by atoms with van der Waals surface area (Å²) in [7, 11) is 1.49. The van der Waals surface area contributed by atoms with E-state index >= 15 is 0 Å². The summed E-state index contributed by atoms with van der Waals surface area (Å²) in [6, 6.07) is 15.3. The number of aliphatic hydroxyl groups is 1. The number of esters is 1. The maximum atomic E-state index is 12.1. The summed E-state index contributed by atoms with van der Waals surface area (Å²) in [6.07, 6.45) is -2.51. The Labute approximate surface area is 140 Å². The van der Waals surface area contributed by atoms with Crippen LogP contribution in [0.5, 0.6) is 5.75 Å². The van der Waals surface area contributed by atoms with Crippen LogP contribution in [0.2, 0.25) is 0 Å². The lowest BCUT2D eigenvalue weighted by molar-refractivity contribution is -0.162. The topological polar surface area (TPSA) is 84.9 Å². The monoisotopic (exact) mass is 329 g/mol. The van der Waals surface area contributed by atoms with E-state index < -0.39 is 24.1 Å². The van der Waals surface area contributed by atoms with Gasteiger partial charge in [-0.1, -0.05) is 42.5 Å². The number of nitrogens with one attached hydrogen (secondary N) is 1. The standard InChI is InChI=1S/C18H19NO5/c1-12(17(21)19-14-10-6-7-11-15(14)23-2)24-18(22)16(20)13-8-4-3-5-9-13/h3-12,16,20H,1-2H3,(H,19,21)/t12-,16-/m1/s1. The van der Waals surface area contributed by atoms with Crippen LogP contribution >= 0.6 is 0 Å². The molecule has 0 bridgehead atoms. The molecule has 2 N–H and O–H groups in total. The third-order valence-corrected chi connectivity index (χ3v) is 3.37. The summed E-state index contributed by atoms with van der Waals surface area (Å²) in [4.78, 5) is 24.1. The van der Waals surface area contributed by atoms with Gasteiger partial charge in [0.05, 0.1) is 12.8 Å². The van der Waals surface area contributed by atoms with Crippen molar-refractivity contribution in [3.05, 3.63) is 60.2 Å². The third kappa shape index (κ3) is 4.33. The van der Waals surface area contributed by atoms with Crippen LogP contribution in [0.3, 0.4) is 0 Å². The van der Waals surface area contributed by atoms with E-state index in [2.05, 4.69) is 5.32 Å². The molecule has 0 radical (unpaired) electrons. The quantitative estimate of drug-likeness (QED) is 0.794. The van der Waals surface area contributed by atoms with Gasteiger partial charge >= 0.3 is 5.97 Å². The Kier molecular flexibility index (Phi) is 5.92. The fourth-order valence-corrected chi connectivity index (χ4v) is 2.05. The van der Waals surface area contributed by atoms with Crippen LogP contribution in [0.15, 0.2) is 54.6 Å². The van der Waals surface area contributed by atoms with Gasteiger partial charge in [0.2, 0.25) is 0 Å². The summed E-state index contributed by atoms with van der Waals surface area (Å²) in [5.74, 6) is -0.911. The van der Waals surface area contributed by atoms with Crippen LogP contribution in [0.4, 0.5) is 5.69 Å². The smallest absolute Gasteiger partial charge is 0.340 e. The molecule has 2 rings (SSSR count). The Morgan fingerprint density at radius 3 is 2.33 bits per heavy atom. The molecule has 0 saturated carbocycles. The average Bonchev–Trinajstić information content (AvgIpc) is 2.62. The van der Waals surface area contributed by atoms with Crippen molar-refractivity contribution in [3.8, 4) is 5.75 Å². The fraction of sp³-hybridized carbons (Fsp3) is 0.222. The highest BCUT2D eigenvalue weighted by molar-refractivity contribution is 5.96. The molecular formula is C18H19NO5. The Hall–Kier alpha value is -2.86. The van der Waals surface area contributed by atoms with Crippen molar-refractivity contribution >= 4 is 17.6 Å². The number of carbonyl (C=O) groups excluding carboxylic acids is 2. The van der Waals surface area contributed by atoms with E-state index in [1.54, 1.807) is 54.6 Å². The molecular weight excluding hydrogens is 310 g/mol. The van der Waals surface area contributed by atoms with Crippen molar-refractivity contribution in [2.45, 2.75) is 19.1 Å². The molecule has 6 heteroatoms. The van der Waals surface area contributed by atoms with Gasteiger partial charge in [-0.25, -0.2) is 4.79 Å². The number of hydrogen-bond acceptors (Lipinski definition) is 5. The first kappa shape index (κ1) is 17.5. The SMILES string of the molecule is COc1ccccc1NC(=O)[C@@H](C)OC(=O)[C@H](O)c1ccccc1. The molecule has 2 atom stereocenters. The molecule has 0 saturated heterocycles. The van der Waals surface area contributed by atoms with Gasteiger partial charge in [0.25, 0.3) is 5.91 Å². The number of methoxy groups -OCH3 is 1. The lowest BCUT2D eigenvalue weighted by Gasteiger charge is -2.17. The minimum absolute atomic E-state index is 0.403. The molecule has 0 aliphatic carbocycles. The second kappa shape index (κ2) is 8.12. The zero-order valence-corrected chi connectivity index (χ0v) is 13.4. The third-order valence-electron chi connectivity index (χ3n) is 3.37. The van der Waals surface area contributed by atoms with Crippen molar-refractivity contribution in [1.82, 2.24) is 0 Å². The molecule has 0 aliphatic rings. The van der Waals surface area contributed by atoms with Gasteiger partial charge in [-0.15, -0.1) is 0 Å². The van der Waals surface area contributed by atoms with Gasteiger partial charge in [-0.3, -0.25) is 4.79 Å². The summed E-state index contributed by atoms with van der Waals surface area (Å²) in [5, 5.41) is 12.6. The van der Waals surface area contributed by atoms with E-state index in [1.807, 2.05) is 0 Å². The largest absolute Gasteiger partial charge is 0.495 e. The van der Waals surface area contributed by atoms with Crippen LogP contribution in [-0.4, -0.2) is 30.2 Å². The van der Waals surface area contributed by atoms with Crippen molar-refractivity contribution in [1.29, 1.82) is 0 Å². The lowest BCUT2D eigenvalue weighted by Crippen LogP contribution is -2.31. The fourth-order valence-electron chi connectivity index (χ4n) is 2.05. The van der Waals surface area contributed by atoms with E-state index in [1.165, 1.54) is 14.0 Å². The predicted octanol–water partition coefficient (Wildman–Crippen LogP) is 2.30. The van der Waals surface area contributed by atoms with Gasteiger partial charge < -0.3 is 19.9 Å². The van der Waals surface area contributed by atoms with Gasteiger partial charge in [0.1, 0.15) is 5.75 Å². The second-order valence-electron chi connectivity index (χ2n) is 5.08. The van der Waals surface area contributed by atoms with Crippen LogP contribution < -0.4 is 10.1 Å². The molecule has 2 aromatic carbocycles. The maximum Gasteiger partial charge on any atom is 0.340 e. The second-order valence-corrected chi connectivity index (χ2v) is 5.08. The number of aliphatic hydroxyl groups excluding tert-OH is 1. The van der Waals surface area contributed by atoms with Crippen molar-refractivity contribution in [2.75, 3.05) is 12.4 Å². The first-order chi connectivity index (χ1) is 11.5. The number of anilines is 1. The molecule has 126 valence electrons. The minimum atomic E-state index is -1.44. The van der Waals surface area contributed by atoms with E-state index in [0.29, 0.717) is 17.0 Å². The van der Waals surface area contributed by atoms with Gasteiger partial charge in [0, 0.05) is 0 Å². The van der Waals surface area contributed by atoms with Gasteiger partial charge in [0.15, 0.2) is 12.2 Å². The van der Waals surface area contributed by atoms with Crippen LogP contribution in [0.1, 0.15) is 18.6 Å². The molecule has 2 aromatic rings. The molecule has 6 nitrogen and oxygen atoms in total. The summed E-state index contributed by atoms with van der Waals surface area (Å²) >= 11 is 0. The molecule has 0 unspecified atom stereocenters. The summed E-state index contributed by atoms with van der Waals surface area (Å²) in [5.41, 5.74) is 0.872. The number of rotatable bonds is 6. The zero-order chi connectivity index (χ0) is 17.5. The minimum Gasteiger partial charge on any atom is -0.495 e. The van der Waals surface area contributed by atoms with Crippen LogP contribution in [-0.2, 0) is 14.3 Å². The first-order valence-corrected chi connectivity index (χ1v) is 7.40.